The minimum atomic E-state index is -0.565. The van der Waals surface area contributed by atoms with Crippen LogP contribution in [0.15, 0.2) is 52.6 Å². The first-order valence-electron chi connectivity index (χ1n) is 8.48. The Balaban J connectivity index is 1.92. The van der Waals surface area contributed by atoms with E-state index in [9.17, 15) is 9.90 Å². The monoisotopic (exact) mass is 382 g/mol. The van der Waals surface area contributed by atoms with Gasteiger partial charge in [0.15, 0.2) is 22.8 Å². The van der Waals surface area contributed by atoms with E-state index in [2.05, 4.69) is 10.4 Å². The van der Waals surface area contributed by atoms with Crippen molar-refractivity contribution in [2.45, 2.75) is 13.1 Å². The third kappa shape index (κ3) is 3.02. The zero-order chi connectivity index (χ0) is 19.0. The number of benzene rings is 2. The van der Waals surface area contributed by atoms with Crippen LogP contribution in [0.5, 0.6) is 11.5 Å². The van der Waals surface area contributed by atoms with Gasteiger partial charge in [-0.25, -0.2) is 5.01 Å². The molecule has 27 heavy (non-hydrogen) atoms. The number of amides is 1. The molecule has 0 aliphatic carbocycles. The minimum absolute atomic E-state index is 0.0132. The summed E-state index contributed by atoms with van der Waals surface area (Å²) in [5.74, 6) is 0.954. The molecule has 1 unspecified atom stereocenters. The summed E-state index contributed by atoms with van der Waals surface area (Å²) >= 11 is 1.45. The highest BCUT2D eigenvalue weighted by Gasteiger charge is 2.34. The lowest BCUT2D eigenvalue weighted by molar-refractivity contribution is -0.116. The van der Waals surface area contributed by atoms with Crippen LogP contribution in [-0.2, 0) is 4.79 Å². The van der Waals surface area contributed by atoms with Crippen LogP contribution in [-0.4, -0.2) is 34.1 Å². The molecule has 0 fully saturated rings. The average molecular weight is 382 g/mol. The van der Waals surface area contributed by atoms with E-state index in [1.807, 2.05) is 37.3 Å². The van der Waals surface area contributed by atoms with E-state index >= 15 is 0 Å². The van der Waals surface area contributed by atoms with Crippen molar-refractivity contribution in [2.75, 3.05) is 12.9 Å². The predicted molar refractivity (Wildman–Crippen MR) is 104 cm³/mol. The number of thioether (sulfide) groups is 1. The zero-order valence-corrected chi connectivity index (χ0v) is 15.7. The second kappa shape index (κ2) is 6.96. The first-order valence-corrected chi connectivity index (χ1v) is 9.47. The number of hydrogen-bond acceptors (Lipinski definition) is 7. The summed E-state index contributed by atoms with van der Waals surface area (Å²) in [5.41, 5.74) is 1.15. The fraction of sp³-hybridized carbons (Fsp3) is 0.211. The van der Waals surface area contributed by atoms with Crippen molar-refractivity contribution in [3.05, 3.63) is 58.6 Å². The van der Waals surface area contributed by atoms with Crippen LogP contribution in [0.25, 0.3) is 5.70 Å². The molecule has 1 amide bonds. The molecule has 2 heterocycles. The number of nitrogens with zero attached hydrogens (tertiary/aromatic N) is 3. The molecule has 4 rings (SSSR count). The smallest absolute Gasteiger partial charge is 0.276 e. The number of fused-ring (bicyclic) bond motifs is 2. The van der Waals surface area contributed by atoms with Gasteiger partial charge in [-0.15, -0.1) is 5.10 Å². The maximum atomic E-state index is 12.8. The lowest BCUT2D eigenvalue weighted by Gasteiger charge is -2.34. The van der Waals surface area contributed by atoms with Crippen molar-refractivity contribution in [3.8, 4) is 11.5 Å². The van der Waals surface area contributed by atoms with Gasteiger partial charge in [-0.3, -0.25) is 15.1 Å². The molecule has 2 aromatic carbocycles. The van der Waals surface area contributed by atoms with Gasteiger partial charge < -0.3 is 9.84 Å². The fourth-order valence-corrected chi connectivity index (χ4v) is 3.70. The van der Waals surface area contributed by atoms with Crippen LogP contribution < -0.4 is 20.6 Å². The lowest BCUT2D eigenvalue weighted by atomic mass is 10.1. The van der Waals surface area contributed by atoms with E-state index < -0.39 is 6.17 Å². The zero-order valence-electron chi connectivity index (χ0n) is 14.8. The van der Waals surface area contributed by atoms with Gasteiger partial charge in [0.2, 0.25) is 0 Å². The van der Waals surface area contributed by atoms with Crippen molar-refractivity contribution in [3.63, 3.8) is 0 Å². The van der Waals surface area contributed by atoms with Gasteiger partial charge in [0.1, 0.15) is 5.70 Å². The van der Waals surface area contributed by atoms with Crippen molar-refractivity contribution >= 4 is 28.5 Å². The van der Waals surface area contributed by atoms with Crippen molar-refractivity contribution in [1.29, 1.82) is 0 Å². The third-order valence-corrected chi connectivity index (χ3v) is 5.04. The van der Waals surface area contributed by atoms with Crippen LogP contribution in [0.1, 0.15) is 18.7 Å². The van der Waals surface area contributed by atoms with Gasteiger partial charge in [-0.2, -0.15) is 0 Å². The molecule has 8 heteroatoms. The van der Waals surface area contributed by atoms with Crippen LogP contribution in [0, 0.1) is 0 Å². The summed E-state index contributed by atoms with van der Waals surface area (Å²) in [7, 11) is 1.50. The standard InChI is InChI=1S/C19H18N4O3S/c1-3-27-19-21-18(25)16-12-6-4-5-7-13(12)20-17(23(16)22-19)11-8-9-15(26-2)14(24)10-11/h4-10,17,24H,3H2,1-2H3,(H,21,22,25). The molecule has 0 aromatic heterocycles. The van der Waals surface area contributed by atoms with Crippen LogP contribution >= 0.6 is 11.8 Å². The maximum absolute atomic E-state index is 12.8. The molecule has 2 aliphatic rings. The van der Waals surface area contributed by atoms with E-state index in [0.29, 0.717) is 27.5 Å². The molecule has 138 valence electrons. The number of nitrogens with one attached hydrogen (secondary N) is 1. The summed E-state index contributed by atoms with van der Waals surface area (Å²) < 4.78 is 5.12. The Morgan fingerprint density at radius 1 is 1.30 bits per heavy atom. The average Bonchev–Trinajstić information content (AvgIpc) is 2.67. The Labute approximate surface area is 160 Å². The predicted octanol–water partition coefficient (Wildman–Crippen LogP) is 1.30. The van der Waals surface area contributed by atoms with E-state index in [1.54, 1.807) is 17.1 Å². The molecular weight excluding hydrogens is 364 g/mol. The topological polar surface area (TPSA) is 86.5 Å². The fourth-order valence-electron chi connectivity index (χ4n) is 3.11. The molecule has 0 saturated carbocycles. The highest BCUT2D eigenvalue weighted by Crippen LogP contribution is 2.35. The number of aromatic hydroxyl groups is 1. The lowest BCUT2D eigenvalue weighted by Crippen LogP contribution is -2.50. The van der Waals surface area contributed by atoms with Crippen molar-refractivity contribution in [2.24, 2.45) is 10.1 Å². The van der Waals surface area contributed by atoms with E-state index in [0.717, 1.165) is 11.0 Å². The van der Waals surface area contributed by atoms with Gasteiger partial charge in [0.25, 0.3) is 5.91 Å². The molecule has 2 aliphatic heterocycles. The summed E-state index contributed by atoms with van der Waals surface area (Å²) in [4.78, 5) is 17.6. The SMILES string of the molecule is CCSC1=NN2C(=c3ccccc3=NC2c2ccc(OC)c(O)c2)C(=O)N1. The number of methoxy groups -OCH3 is 1. The van der Waals surface area contributed by atoms with Crippen LogP contribution in [0.3, 0.4) is 0 Å². The van der Waals surface area contributed by atoms with Gasteiger partial charge in [0, 0.05) is 10.8 Å². The largest absolute Gasteiger partial charge is 0.504 e. The normalized spacial score (nSPS) is 18.1. The number of carbonyl (C=O) groups excluding carboxylic acids is 1. The van der Waals surface area contributed by atoms with Crippen LogP contribution in [0.2, 0.25) is 0 Å². The Hall–Kier alpha value is -3.00. The summed E-state index contributed by atoms with van der Waals surface area (Å²) in [5, 5.41) is 21.2. The number of phenolic OH excluding ortho intramolecular Hbond substituents is 1. The summed E-state index contributed by atoms with van der Waals surface area (Å²) in [6.45, 7) is 1.99. The number of rotatable bonds is 3. The first kappa shape index (κ1) is 17.4. The first-order chi connectivity index (χ1) is 13.1. The van der Waals surface area contributed by atoms with Gasteiger partial charge in [-0.05, 0) is 24.0 Å². The number of hydrogen-bond donors (Lipinski definition) is 2. The van der Waals surface area contributed by atoms with Crippen molar-refractivity contribution < 1.29 is 14.6 Å². The summed E-state index contributed by atoms with van der Waals surface area (Å²) in [6.07, 6.45) is -0.565. The Morgan fingerprint density at radius 2 is 2.11 bits per heavy atom. The second-order valence-corrected chi connectivity index (χ2v) is 7.19. The van der Waals surface area contributed by atoms with Gasteiger partial charge in [0.05, 0.1) is 12.5 Å². The number of carbonyl (C=O) groups is 1. The summed E-state index contributed by atoms with van der Waals surface area (Å²) in [6, 6.07) is 12.5. The Kier molecular flexibility index (Phi) is 4.49. The van der Waals surface area contributed by atoms with Crippen LogP contribution in [0.4, 0.5) is 0 Å². The molecule has 2 N–H and O–H groups in total. The number of ether oxygens (including phenoxy) is 1. The maximum Gasteiger partial charge on any atom is 0.276 e. The molecule has 2 aromatic rings. The molecule has 0 spiro atoms. The van der Waals surface area contributed by atoms with Crippen molar-refractivity contribution in [1.82, 2.24) is 10.3 Å². The Bertz CT molecular complexity index is 1070. The molecule has 0 radical (unpaired) electrons. The number of amidine groups is 1. The van der Waals surface area contributed by atoms with Gasteiger partial charge in [-0.1, -0.05) is 43.0 Å². The van der Waals surface area contributed by atoms with E-state index in [-0.39, 0.29) is 11.7 Å². The second-order valence-electron chi connectivity index (χ2n) is 5.94. The molecular formula is C19H18N4O3S. The van der Waals surface area contributed by atoms with E-state index in [1.165, 1.54) is 18.9 Å². The number of hydrazone groups is 1. The molecule has 7 nitrogen and oxygen atoms in total. The third-order valence-electron chi connectivity index (χ3n) is 4.30. The minimum Gasteiger partial charge on any atom is -0.504 e. The quantitative estimate of drug-likeness (QED) is 0.836. The van der Waals surface area contributed by atoms with Gasteiger partial charge >= 0.3 is 0 Å². The highest BCUT2D eigenvalue weighted by molar-refractivity contribution is 8.13. The highest BCUT2D eigenvalue weighted by atomic mass is 32.2. The molecule has 1 atom stereocenters. The molecule has 0 bridgehead atoms. The van der Waals surface area contributed by atoms with E-state index in [4.69, 9.17) is 9.73 Å². The molecule has 0 saturated heterocycles. The number of phenols is 1. The Morgan fingerprint density at radius 3 is 2.85 bits per heavy atom. The number of para-hydroxylation sites is 1.